The van der Waals surface area contributed by atoms with Crippen molar-refractivity contribution in [3.05, 3.63) is 28.3 Å². The third kappa shape index (κ3) is 3.37. The molecule has 0 amide bonds. The van der Waals surface area contributed by atoms with Crippen molar-refractivity contribution in [3.8, 4) is 5.75 Å². The van der Waals surface area contributed by atoms with Crippen LogP contribution in [0.4, 0.5) is 24.5 Å². The third-order valence-electron chi connectivity index (χ3n) is 3.39. The van der Waals surface area contributed by atoms with Gasteiger partial charge in [-0.25, -0.2) is 0 Å². The van der Waals surface area contributed by atoms with Crippen LogP contribution in [0.1, 0.15) is 13.8 Å². The molecule has 0 spiro atoms. The Morgan fingerprint density at radius 2 is 2.14 bits per heavy atom. The zero-order valence-corrected chi connectivity index (χ0v) is 11.6. The zero-order chi connectivity index (χ0) is 15.8. The molecule has 1 atom stereocenters. The van der Waals surface area contributed by atoms with Crippen molar-refractivity contribution in [2.45, 2.75) is 26.1 Å². The minimum absolute atomic E-state index is 0.0457. The van der Waals surface area contributed by atoms with E-state index in [1.165, 1.54) is 17.0 Å². The second kappa shape index (κ2) is 5.42. The average Bonchev–Trinajstić information content (AvgIpc) is 2.36. The molecule has 0 radical (unpaired) electrons. The summed E-state index contributed by atoms with van der Waals surface area (Å²) in [5.74, 6) is 0.0704. The predicted molar refractivity (Wildman–Crippen MR) is 70.6 cm³/mol. The minimum Gasteiger partial charge on any atom is -0.489 e. The van der Waals surface area contributed by atoms with Crippen molar-refractivity contribution in [3.63, 3.8) is 0 Å². The number of hydrogen-bond acceptors (Lipinski definition) is 4. The molecular formula is C13H15F3N2O3. The van der Waals surface area contributed by atoms with Crippen LogP contribution in [0.3, 0.4) is 0 Å². The van der Waals surface area contributed by atoms with Crippen molar-refractivity contribution < 1.29 is 22.8 Å². The van der Waals surface area contributed by atoms with Crippen molar-refractivity contribution in [1.82, 2.24) is 0 Å². The van der Waals surface area contributed by atoms with Gasteiger partial charge in [-0.05, 0) is 12.0 Å². The van der Waals surface area contributed by atoms with Gasteiger partial charge in [-0.2, -0.15) is 13.2 Å². The minimum atomic E-state index is -4.36. The van der Waals surface area contributed by atoms with E-state index in [0.29, 0.717) is 0 Å². The molecule has 8 heteroatoms. The molecular weight excluding hydrogens is 289 g/mol. The molecule has 0 aliphatic carbocycles. The van der Waals surface area contributed by atoms with E-state index < -0.39 is 23.7 Å². The fraction of sp³-hybridized carbons (Fsp3) is 0.538. The molecule has 0 bridgehead atoms. The third-order valence-corrected chi connectivity index (χ3v) is 3.39. The number of nitro benzene ring substituents is 1. The zero-order valence-electron chi connectivity index (χ0n) is 11.6. The number of fused-ring (bicyclic) bond motifs is 1. The number of nitrogens with zero attached hydrogens (tertiary/aromatic N) is 2. The standard InChI is InChI=1S/C13H15F3N2O3/c1-8(2)11-6-21-12-5-9(18(19)20)3-4-10(12)17(11)7-13(14,15)16/h3-5,8,11H,6-7H2,1-2H3/t11-/m0/s1. The average molecular weight is 304 g/mol. The maximum Gasteiger partial charge on any atom is 0.405 e. The van der Waals surface area contributed by atoms with E-state index in [1.807, 2.05) is 13.8 Å². The van der Waals surface area contributed by atoms with Gasteiger partial charge in [0.15, 0.2) is 0 Å². The van der Waals surface area contributed by atoms with E-state index in [2.05, 4.69) is 0 Å². The first-order valence-electron chi connectivity index (χ1n) is 6.43. The van der Waals surface area contributed by atoms with Gasteiger partial charge in [0.05, 0.1) is 22.7 Å². The highest BCUT2D eigenvalue weighted by Crippen LogP contribution is 2.39. The van der Waals surface area contributed by atoms with E-state index in [0.717, 1.165) is 6.07 Å². The molecule has 1 aliphatic rings. The molecule has 0 saturated heterocycles. The largest absolute Gasteiger partial charge is 0.489 e. The van der Waals surface area contributed by atoms with Crippen LogP contribution >= 0.6 is 0 Å². The summed E-state index contributed by atoms with van der Waals surface area (Å²) < 4.78 is 43.8. The molecule has 0 saturated carbocycles. The topological polar surface area (TPSA) is 55.6 Å². The molecule has 0 aromatic heterocycles. The fourth-order valence-corrected chi connectivity index (χ4v) is 2.36. The number of rotatable bonds is 3. The molecule has 2 rings (SSSR count). The molecule has 1 aliphatic heterocycles. The molecule has 0 fully saturated rings. The summed E-state index contributed by atoms with van der Waals surface area (Å²) in [5, 5.41) is 10.7. The van der Waals surface area contributed by atoms with E-state index >= 15 is 0 Å². The Balaban J connectivity index is 2.41. The maximum atomic E-state index is 12.8. The molecule has 21 heavy (non-hydrogen) atoms. The first kappa shape index (κ1) is 15.4. The van der Waals surface area contributed by atoms with Gasteiger partial charge in [0, 0.05) is 6.07 Å². The lowest BCUT2D eigenvalue weighted by molar-refractivity contribution is -0.384. The lowest BCUT2D eigenvalue weighted by atomic mass is 10.0. The lowest BCUT2D eigenvalue weighted by Crippen LogP contribution is -2.50. The first-order valence-corrected chi connectivity index (χ1v) is 6.43. The number of hydrogen-bond donors (Lipinski definition) is 0. The number of halogens is 3. The van der Waals surface area contributed by atoms with Crippen LogP contribution in [0.15, 0.2) is 18.2 Å². The summed E-state index contributed by atoms with van der Waals surface area (Å²) >= 11 is 0. The quantitative estimate of drug-likeness (QED) is 0.634. The Hall–Kier alpha value is -1.99. The number of ether oxygens (including phenoxy) is 1. The smallest absolute Gasteiger partial charge is 0.405 e. The fourth-order valence-electron chi connectivity index (χ4n) is 2.36. The monoisotopic (exact) mass is 304 g/mol. The SMILES string of the molecule is CC(C)[C@@H]1COc2cc([N+](=O)[O-])ccc2N1CC(F)(F)F. The Labute approximate surface area is 119 Å². The highest BCUT2D eigenvalue weighted by Gasteiger charge is 2.38. The summed E-state index contributed by atoms with van der Waals surface area (Å²) in [5.41, 5.74) is 0.0339. The summed E-state index contributed by atoms with van der Waals surface area (Å²) in [6.45, 7) is 2.59. The predicted octanol–water partition coefficient (Wildman–Crippen LogP) is 3.38. The van der Waals surface area contributed by atoms with Crippen LogP contribution in [0, 0.1) is 16.0 Å². The number of nitro groups is 1. The van der Waals surface area contributed by atoms with E-state index in [4.69, 9.17) is 4.74 Å². The molecule has 1 heterocycles. The maximum absolute atomic E-state index is 12.8. The molecule has 0 N–H and O–H groups in total. The van der Waals surface area contributed by atoms with Crippen LogP contribution in [-0.2, 0) is 0 Å². The van der Waals surface area contributed by atoms with Crippen LogP contribution in [0.2, 0.25) is 0 Å². The van der Waals surface area contributed by atoms with Crippen LogP contribution in [-0.4, -0.2) is 30.3 Å². The Bertz CT molecular complexity index is 546. The Morgan fingerprint density at radius 1 is 1.48 bits per heavy atom. The van der Waals surface area contributed by atoms with Crippen molar-refractivity contribution >= 4 is 11.4 Å². The highest BCUT2D eigenvalue weighted by molar-refractivity contribution is 5.64. The molecule has 1 aromatic carbocycles. The molecule has 0 unspecified atom stereocenters. The van der Waals surface area contributed by atoms with Crippen LogP contribution < -0.4 is 9.64 Å². The highest BCUT2D eigenvalue weighted by atomic mass is 19.4. The molecule has 1 aromatic rings. The summed E-state index contributed by atoms with van der Waals surface area (Å²) in [6, 6.07) is 3.23. The summed E-state index contributed by atoms with van der Waals surface area (Å²) in [7, 11) is 0. The van der Waals surface area contributed by atoms with Gasteiger partial charge in [0.2, 0.25) is 0 Å². The number of non-ortho nitro benzene ring substituents is 1. The van der Waals surface area contributed by atoms with Gasteiger partial charge in [-0.3, -0.25) is 10.1 Å². The number of anilines is 1. The number of alkyl halides is 3. The van der Waals surface area contributed by atoms with Gasteiger partial charge < -0.3 is 9.64 Å². The van der Waals surface area contributed by atoms with Gasteiger partial charge in [0.1, 0.15) is 18.9 Å². The molecule has 5 nitrogen and oxygen atoms in total. The van der Waals surface area contributed by atoms with E-state index in [1.54, 1.807) is 0 Å². The second-order valence-electron chi connectivity index (χ2n) is 5.27. The van der Waals surface area contributed by atoms with E-state index in [9.17, 15) is 23.3 Å². The van der Waals surface area contributed by atoms with Gasteiger partial charge >= 0.3 is 6.18 Å². The van der Waals surface area contributed by atoms with Crippen molar-refractivity contribution in [2.75, 3.05) is 18.1 Å². The van der Waals surface area contributed by atoms with Gasteiger partial charge in [-0.1, -0.05) is 13.8 Å². The number of benzene rings is 1. The second-order valence-corrected chi connectivity index (χ2v) is 5.27. The van der Waals surface area contributed by atoms with Crippen LogP contribution in [0.25, 0.3) is 0 Å². The normalized spacial score (nSPS) is 18.4. The molecule has 116 valence electrons. The van der Waals surface area contributed by atoms with Gasteiger partial charge in [-0.15, -0.1) is 0 Å². The summed E-state index contributed by atoms with van der Waals surface area (Å²) in [6.07, 6.45) is -4.36. The Kier molecular flexibility index (Phi) is 3.97. The lowest BCUT2D eigenvalue weighted by Gasteiger charge is -2.40. The summed E-state index contributed by atoms with van der Waals surface area (Å²) in [4.78, 5) is 11.3. The van der Waals surface area contributed by atoms with Gasteiger partial charge in [0.25, 0.3) is 5.69 Å². The first-order chi connectivity index (χ1) is 9.69. The van der Waals surface area contributed by atoms with E-state index in [-0.39, 0.29) is 29.6 Å². The van der Waals surface area contributed by atoms with Crippen molar-refractivity contribution in [2.24, 2.45) is 5.92 Å². The Morgan fingerprint density at radius 3 is 2.67 bits per heavy atom. The van der Waals surface area contributed by atoms with Crippen molar-refractivity contribution in [1.29, 1.82) is 0 Å². The van der Waals surface area contributed by atoms with Crippen LogP contribution in [0.5, 0.6) is 5.75 Å².